The maximum atomic E-state index is 13.3. The molecule has 0 spiro atoms. The van der Waals surface area contributed by atoms with Crippen LogP contribution in [0.2, 0.25) is 0 Å². The highest BCUT2D eigenvalue weighted by Gasteiger charge is 2.22. The van der Waals surface area contributed by atoms with Crippen molar-refractivity contribution < 1.29 is 34.0 Å². The molecule has 3 rings (SSSR count). The van der Waals surface area contributed by atoms with Crippen LogP contribution in [0.3, 0.4) is 0 Å². The standard InChI is InChI=1S/C36H43FN2O7/c1-23(2)11-18-28-31(21-26(33(34(28)42)36(44)45)15-12-25-13-16-27(37)17-14-25)46-19-9-7-5-6-8-10-32(41)38-22-29-35(43)30(40)20-24(3)39(29)4/h11-17,20-21,42-43H,5-10,18-19,22H2,1-4H3,(H,38,41)(H,44,45)/b15-12+. The van der Waals surface area contributed by atoms with Crippen LogP contribution >= 0.6 is 0 Å². The number of aromatic carboxylic acids is 1. The lowest BCUT2D eigenvalue weighted by molar-refractivity contribution is -0.121. The lowest BCUT2D eigenvalue weighted by Gasteiger charge is -2.16. The van der Waals surface area contributed by atoms with Crippen LogP contribution in [0.25, 0.3) is 12.2 Å². The number of carboxylic acids is 1. The monoisotopic (exact) mass is 634 g/mol. The quantitative estimate of drug-likeness (QED) is 0.0786. The van der Waals surface area contributed by atoms with Crippen LogP contribution in [0, 0.1) is 12.7 Å². The van der Waals surface area contributed by atoms with Crippen molar-refractivity contribution >= 4 is 24.0 Å². The number of hydrogen-bond donors (Lipinski definition) is 4. The Morgan fingerprint density at radius 3 is 2.33 bits per heavy atom. The van der Waals surface area contributed by atoms with Gasteiger partial charge in [0.15, 0.2) is 5.75 Å². The van der Waals surface area contributed by atoms with E-state index in [0.717, 1.165) is 31.3 Å². The third-order valence-corrected chi connectivity index (χ3v) is 7.69. The highest BCUT2D eigenvalue weighted by Crippen LogP contribution is 2.36. The molecule has 4 N–H and O–H groups in total. The topological polar surface area (TPSA) is 138 Å². The SMILES string of the molecule is CC(C)=CCc1c(OCCCCCCCC(=O)NCc2c(O)c(=O)cc(C)n2C)cc(/C=C/c2ccc(F)cc2)c(C(=O)O)c1O. The van der Waals surface area contributed by atoms with Gasteiger partial charge in [0, 0.05) is 30.8 Å². The second-order valence-corrected chi connectivity index (χ2v) is 11.5. The summed E-state index contributed by atoms with van der Waals surface area (Å²) in [4.78, 5) is 36.3. The van der Waals surface area contributed by atoms with E-state index >= 15 is 0 Å². The number of nitrogens with one attached hydrogen (secondary N) is 1. The van der Waals surface area contributed by atoms with Crippen LogP contribution in [-0.4, -0.2) is 38.4 Å². The summed E-state index contributed by atoms with van der Waals surface area (Å²) in [6.07, 6.45) is 9.70. The van der Waals surface area contributed by atoms with Crippen molar-refractivity contribution in [2.75, 3.05) is 6.61 Å². The molecule has 2 aromatic carbocycles. The van der Waals surface area contributed by atoms with Crippen LogP contribution in [0.1, 0.15) is 90.8 Å². The van der Waals surface area contributed by atoms with Gasteiger partial charge in [-0.3, -0.25) is 9.59 Å². The third kappa shape index (κ3) is 10.1. The number of hydrogen-bond acceptors (Lipinski definition) is 6. The first-order valence-corrected chi connectivity index (χ1v) is 15.4. The predicted octanol–water partition coefficient (Wildman–Crippen LogP) is 6.66. The Hall–Kier alpha value is -4.86. The minimum Gasteiger partial charge on any atom is -0.507 e. The number of nitrogens with zero attached hydrogens (tertiary/aromatic N) is 1. The average Bonchev–Trinajstić information content (AvgIpc) is 3.00. The molecule has 1 heterocycles. The third-order valence-electron chi connectivity index (χ3n) is 7.69. The smallest absolute Gasteiger partial charge is 0.340 e. The minimum absolute atomic E-state index is 0.0672. The molecular weight excluding hydrogens is 591 g/mol. The van der Waals surface area contributed by atoms with Gasteiger partial charge in [0.2, 0.25) is 11.3 Å². The van der Waals surface area contributed by atoms with E-state index in [1.807, 2.05) is 19.9 Å². The van der Waals surface area contributed by atoms with Crippen LogP contribution in [-0.2, 0) is 24.8 Å². The number of aryl methyl sites for hydroxylation is 1. The molecule has 0 aliphatic heterocycles. The fourth-order valence-corrected chi connectivity index (χ4v) is 4.90. The predicted molar refractivity (Wildman–Crippen MR) is 177 cm³/mol. The van der Waals surface area contributed by atoms with Crippen LogP contribution < -0.4 is 15.5 Å². The molecule has 0 aliphatic rings. The van der Waals surface area contributed by atoms with Gasteiger partial charge in [-0.25, -0.2) is 9.18 Å². The van der Waals surface area contributed by atoms with E-state index in [9.17, 15) is 34.1 Å². The van der Waals surface area contributed by atoms with Gasteiger partial charge in [0.1, 0.15) is 22.9 Å². The Morgan fingerprint density at radius 1 is 0.978 bits per heavy atom. The van der Waals surface area contributed by atoms with Gasteiger partial charge < -0.3 is 29.9 Å². The number of carbonyl (C=O) groups excluding carboxylic acids is 1. The summed E-state index contributed by atoms with van der Waals surface area (Å²) in [5.41, 5.74) is 2.69. The number of phenols is 1. The highest BCUT2D eigenvalue weighted by molar-refractivity contribution is 5.97. The van der Waals surface area contributed by atoms with Crippen molar-refractivity contribution in [1.82, 2.24) is 9.88 Å². The Morgan fingerprint density at radius 2 is 1.65 bits per heavy atom. The molecule has 1 amide bonds. The van der Waals surface area contributed by atoms with Crippen LogP contribution in [0.5, 0.6) is 17.2 Å². The summed E-state index contributed by atoms with van der Waals surface area (Å²) < 4.78 is 21.1. The number of ether oxygens (including phenoxy) is 1. The van der Waals surface area contributed by atoms with E-state index in [-0.39, 0.29) is 40.9 Å². The fraction of sp³-hybridized carbons (Fsp3) is 0.361. The molecule has 9 nitrogen and oxygen atoms in total. The van der Waals surface area contributed by atoms with Crippen molar-refractivity contribution in [3.63, 3.8) is 0 Å². The number of unbranched alkanes of at least 4 members (excludes halogenated alkanes) is 4. The van der Waals surface area contributed by atoms with Gasteiger partial charge in [0.25, 0.3) is 0 Å². The van der Waals surface area contributed by atoms with Gasteiger partial charge in [0.05, 0.1) is 18.8 Å². The first-order valence-electron chi connectivity index (χ1n) is 15.4. The van der Waals surface area contributed by atoms with Gasteiger partial charge in [-0.15, -0.1) is 0 Å². The number of allylic oxidation sites excluding steroid dienone is 2. The molecule has 0 bridgehead atoms. The van der Waals surface area contributed by atoms with Gasteiger partial charge in [-0.1, -0.05) is 55.2 Å². The van der Waals surface area contributed by atoms with Crippen molar-refractivity contribution in [2.24, 2.45) is 7.05 Å². The zero-order valence-electron chi connectivity index (χ0n) is 26.9. The maximum Gasteiger partial charge on any atom is 0.340 e. The summed E-state index contributed by atoms with van der Waals surface area (Å²) in [5.74, 6) is -2.11. The second kappa shape index (κ2) is 17.0. The number of carbonyl (C=O) groups is 2. The molecule has 0 aliphatic carbocycles. The lowest BCUT2D eigenvalue weighted by Crippen LogP contribution is -2.26. The zero-order valence-corrected chi connectivity index (χ0v) is 26.9. The van der Waals surface area contributed by atoms with Crippen molar-refractivity contribution in [3.8, 4) is 17.2 Å². The molecule has 1 aromatic heterocycles. The van der Waals surface area contributed by atoms with E-state index < -0.39 is 11.4 Å². The number of aromatic nitrogens is 1. The van der Waals surface area contributed by atoms with Gasteiger partial charge in [-0.05, 0) is 69.4 Å². The Kier molecular flexibility index (Phi) is 13.2. The first kappa shape index (κ1) is 35.6. The van der Waals surface area contributed by atoms with E-state index in [0.29, 0.717) is 54.1 Å². The Balaban J connectivity index is 1.55. The fourth-order valence-electron chi connectivity index (χ4n) is 4.90. The van der Waals surface area contributed by atoms with Gasteiger partial charge >= 0.3 is 5.97 Å². The number of carboxylic acid groups (broad SMARTS) is 1. The normalized spacial score (nSPS) is 11.1. The summed E-state index contributed by atoms with van der Waals surface area (Å²) in [5, 5.41) is 33.8. The van der Waals surface area contributed by atoms with Crippen molar-refractivity contribution in [1.29, 1.82) is 0 Å². The molecule has 246 valence electrons. The minimum atomic E-state index is -1.27. The molecule has 46 heavy (non-hydrogen) atoms. The summed E-state index contributed by atoms with van der Waals surface area (Å²) >= 11 is 0. The average molecular weight is 635 g/mol. The number of amides is 1. The molecule has 0 saturated heterocycles. The number of benzene rings is 2. The molecule has 3 aromatic rings. The van der Waals surface area contributed by atoms with E-state index in [1.54, 1.807) is 48.9 Å². The molecule has 0 radical (unpaired) electrons. The lowest BCUT2D eigenvalue weighted by atomic mass is 9.97. The second-order valence-electron chi connectivity index (χ2n) is 11.5. The van der Waals surface area contributed by atoms with Crippen molar-refractivity contribution in [2.45, 2.75) is 72.3 Å². The molecular formula is C36H43FN2O7. The van der Waals surface area contributed by atoms with E-state index in [4.69, 9.17) is 4.74 Å². The van der Waals surface area contributed by atoms with Crippen LogP contribution in [0.15, 0.2) is 52.8 Å². The Labute approximate surface area is 268 Å². The summed E-state index contributed by atoms with van der Waals surface area (Å²) in [6, 6.07) is 8.73. The van der Waals surface area contributed by atoms with E-state index in [1.165, 1.54) is 18.2 Å². The van der Waals surface area contributed by atoms with E-state index in [2.05, 4.69) is 5.32 Å². The summed E-state index contributed by atoms with van der Waals surface area (Å²) in [7, 11) is 1.73. The molecule has 0 unspecified atom stereocenters. The zero-order chi connectivity index (χ0) is 33.8. The number of aromatic hydroxyl groups is 2. The first-order chi connectivity index (χ1) is 21.9. The van der Waals surface area contributed by atoms with Gasteiger partial charge in [-0.2, -0.15) is 0 Å². The van der Waals surface area contributed by atoms with Crippen LogP contribution in [0.4, 0.5) is 4.39 Å². The molecule has 10 heteroatoms. The number of pyridine rings is 1. The highest BCUT2D eigenvalue weighted by atomic mass is 19.1. The number of halogens is 1. The largest absolute Gasteiger partial charge is 0.507 e. The molecule has 0 saturated carbocycles. The molecule has 0 atom stereocenters. The van der Waals surface area contributed by atoms with Crippen molar-refractivity contribution in [3.05, 3.63) is 97.7 Å². The summed E-state index contributed by atoms with van der Waals surface area (Å²) in [6.45, 7) is 6.01. The maximum absolute atomic E-state index is 13.3. The molecule has 0 fully saturated rings. The Bertz CT molecular complexity index is 1650. The number of rotatable bonds is 16.